The third-order valence-corrected chi connectivity index (χ3v) is 4.07. The van der Waals surface area contributed by atoms with E-state index in [1.165, 1.54) is 4.90 Å². The second-order valence-electron chi connectivity index (χ2n) is 5.29. The Bertz CT molecular complexity index is 505. The molecule has 1 aliphatic heterocycles. The Balaban J connectivity index is 1.62. The highest BCUT2D eigenvalue weighted by Gasteiger charge is 2.43. The number of para-hydroxylation sites is 1. The summed E-state index contributed by atoms with van der Waals surface area (Å²) in [6.45, 7) is 4.48. The molecule has 0 spiro atoms. The van der Waals surface area contributed by atoms with Gasteiger partial charge in [-0.25, -0.2) is 4.79 Å². The van der Waals surface area contributed by atoms with Crippen LogP contribution in [0.1, 0.15) is 13.8 Å². The lowest BCUT2D eigenvalue weighted by Gasteiger charge is -2.15. The summed E-state index contributed by atoms with van der Waals surface area (Å²) in [5.41, 5.74) is -0.780. The van der Waals surface area contributed by atoms with E-state index in [4.69, 9.17) is 4.74 Å². The Kier molecular flexibility index (Phi) is 5.12. The van der Waals surface area contributed by atoms with Gasteiger partial charge in [-0.2, -0.15) is 11.8 Å². The molecule has 1 saturated heterocycles. The van der Waals surface area contributed by atoms with Gasteiger partial charge in [-0.1, -0.05) is 18.2 Å². The molecule has 0 radical (unpaired) electrons. The van der Waals surface area contributed by atoms with E-state index in [2.05, 4.69) is 5.32 Å². The van der Waals surface area contributed by atoms with Crippen molar-refractivity contribution in [3.8, 4) is 5.75 Å². The zero-order valence-corrected chi connectivity index (χ0v) is 13.1. The molecule has 5 nitrogen and oxygen atoms in total. The number of urea groups is 1. The molecule has 1 aromatic carbocycles. The standard InChI is InChI=1S/C15H20N2O3S/c1-15(2)13(18)17(14(19)16-15)8-10-21-11-9-20-12-6-4-3-5-7-12/h3-7H,8-11H2,1-2H3,(H,16,19). The number of ether oxygens (including phenoxy) is 1. The minimum Gasteiger partial charge on any atom is -0.493 e. The summed E-state index contributed by atoms with van der Waals surface area (Å²) in [5.74, 6) is 2.23. The van der Waals surface area contributed by atoms with Gasteiger partial charge in [0, 0.05) is 18.1 Å². The van der Waals surface area contributed by atoms with E-state index in [1.54, 1.807) is 25.6 Å². The number of nitrogens with zero attached hydrogens (tertiary/aromatic N) is 1. The topological polar surface area (TPSA) is 58.6 Å². The molecule has 0 unspecified atom stereocenters. The van der Waals surface area contributed by atoms with Gasteiger partial charge in [-0.3, -0.25) is 9.69 Å². The smallest absolute Gasteiger partial charge is 0.325 e. The number of amides is 3. The molecule has 2 rings (SSSR count). The molecule has 1 aromatic rings. The monoisotopic (exact) mass is 308 g/mol. The molecular formula is C15H20N2O3S. The summed E-state index contributed by atoms with van der Waals surface area (Å²) in [4.78, 5) is 24.9. The Hall–Kier alpha value is -1.69. The Morgan fingerprint density at radius 2 is 1.90 bits per heavy atom. The number of benzene rings is 1. The van der Waals surface area contributed by atoms with Crippen molar-refractivity contribution >= 4 is 23.7 Å². The zero-order valence-electron chi connectivity index (χ0n) is 12.3. The summed E-state index contributed by atoms with van der Waals surface area (Å²) in [6.07, 6.45) is 0. The molecule has 0 saturated carbocycles. The minimum absolute atomic E-state index is 0.159. The highest BCUT2D eigenvalue weighted by atomic mass is 32.2. The van der Waals surface area contributed by atoms with Crippen LogP contribution < -0.4 is 10.1 Å². The summed E-state index contributed by atoms with van der Waals surface area (Å²) >= 11 is 1.66. The molecule has 6 heteroatoms. The number of imide groups is 1. The van der Waals surface area contributed by atoms with Crippen molar-refractivity contribution in [2.75, 3.05) is 24.7 Å². The maximum Gasteiger partial charge on any atom is 0.325 e. The van der Waals surface area contributed by atoms with Gasteiger partial charge >= 0.3 is 6.03 Å². The second kappa shape index (κ2) is 6.85. The van der Waals surface area contributed by atoms with Gasteiger partial charge in [0.25, 0.3) is 5.91 Å². The summed E-state index contributed by atoms with van der Waals surface area (Å²) in [6, 6.07) is 9.34. The van der Waals surface area contributed by atoms with E-state index in [9.17, 15) is 9.59 Å². The number of thioether (sulfide) groups is 1. The summed E-state index contributed by atoms with van der Waals surface area (Å²) in [7, 11) is 0. The van der Waals surface area contributed by atoms with Crippen molar-refractivity contribution in [3.63, 3.8) is 0 Å². The quantitative estimate of drug-likeness (QED) is 0.619. The van der Waals surface area contributed by atoms with E-state index in [0.29, 0.717) is 18.9 Å². The molecule has 3 amide bonds. The highest BCUT2D eigenvalue weighted by molar-refractivity contribution is 7.99. The average molecular weight is 308 g/mol. The molecular weight excluding hydrogens is 288 g/mol. The van der Waals surface area contributed by atoms with Gasteiger partial charge in [0.05, 0.1) is 6.61 Å². The van der Waals surface area contributed by atoms with Crippen LogP contribution in [0.3, 0.4) is 0 Å². The number of nitrogens with one attached hydrogen (secondary N) is 1. The number of hydrogen-bond acceptors (Lipinski definition) is 4. The van der Waals surface area contributed by atoms with E-state index in [0.717, 1.165) is 11.5 Å². The Morgan fingerprint density at radius 1 is 1.19 bits per heavy atom. The van der Waals surface area contributed by atoms with Crippen molar-refractivity contribution in [1.29, 1.82) is 0 Å². The van der Waals surface area contributed by atoms with Crippen LogP contribution in [0, 0.1) is 0 Å². The van der Waals surface area contributed by atoms with Gasteiger partial charge in [0.2, 0.25) is 0 Å². The fraction of sp³-hybridized carbons (Fsp3) is 0.467. The molecule has 0 aromatic heterocycles. The van der Waals surface area contributed by atoms with Gasteiger partial charge in [-0.15, -0.1) is 0 Å². The van der Waals surface area contributed by atoms with Gasteiger partial charge < -0.3 is 10.1 Å². The summed E-state index contributed by atoms with van der Waals surface area (Å²) < 4.78 is 5.57. The predicted octanol–water partition coefficient (Wildman–Crippen LogP) is 2.13. The second-order valence-corrected chi connectivity index (χ2v) is 6.51. The van der Waals surface area contributed by atoms with Crippen LogP contribution >= 0.6 is 11.8 Å². The van der Waals surface area contributed by atoms with E-state index >= 15 is 0 Å². The van der Waals surface area contributed by atoms with Crippen LogP contribution in [0.4, 0.5) is 4.79 Å². The lowest BCUT2D eigenvalue weighted by molar-refractivity contribution is -0.130. The van der Waals surface area contributed by atoms with Crippen molar-refractivity contribution in [2.24, 2.45) is 0 Å². The summed E-state index contributed by atoms with van der Waals surface area (Å²) in [5, 5.41) is 2.67. The van der Waals surface area contributed by atoms with Crippen LogP contribution in [0.15, 0.2) is 30.3 Å². The van der Waals surface area contributed by atoms with Gasteiger partial charge in [0.1, 0.15) is 11.3 Å². The molecule has 0 aliphatic carbocycles. The third-order valence-electron chi connectivity index (χ3n) is 3.14. The maximum absolute atomic E-state index is 12.0. The number of carbonyl (C=O) groups excluding carboxylic acids is 2. The van der Waals surface area contributed by atoms with Crippen molar-refractivity contribution in [3.05, 3.63) is 30.3 Å². The lowest BCUT2D eigenvalue weighted by atomic mass is 10.1. The van der Waals surface area contributed by atoms with E-state index in [-0.39, 0.29) is 11.9 Å². The van der Waals surface area contributed by atoms with Crippen molar-refractivity contribution in [1.82, 2.24) is 10.2 Å². The van der Waals surface area contributed by atoms with Crippen LogP contribution in [0.5, 0.6) is 5.75 Å². The SMILES string of the molecule is CC1(C)NC(=O)N(CCSCCOc2ccccc2)C1=O. The molecule has 0 atom stereocenters. The van der Waals surface area contributed by atoms with Crippen LogP contribution in [0.2, 0.25) is 0 Å². The first-order valence-electron chi connectivity index (χ1n) is 6.90. The van der Waals surface area contributed by atoms with Crippen LogP contribution in [-0.2, 0) is 4.79 Å². The van der Waals surface area contributed by atoms with Crippen LogP contribution in [-0.4, -0.2) is 47.0 Å². The normalized spacial score (nSPS) is 17.0. The highest BCUT2D eigenvalue weighted by Crippen LogP contribution is 2.17. The zero-order chi connectivity index (χ0) is 15.3. The molecule has 21 heavy (non-hydrogen) atoms. The molecule has 1 fully saturated rings. The fourth-order valence-corrected chi connectivity index (χ4v) is 2.73. The Morgan fingerprint density at radius 3 is 2.52 bits per heavy atom. The average Bonchev–Trinajstić information content (AvgIpc) is 2.65. The molecule has 114 valence electrons. The number of carbonyl (C=O) groups is 2. The van der Waals surface area contributed by atoms with Crippen LogP contribution in [0.25, 0.3) is 0 Å². The molecule has 1 N–H and O–H groups in total. The van der Waals surface area contributed by atoms with Crippen molar-refractivity contribution < 1.29 is 14.3 Å². The predicted molar refractivity (Wildman–Crippen MR) is 83.6 cm³/mol. The van der Waals surface area contributed by atoms with Gasteiger partial charge in [0.15, 0.2) is 0 Å². The fourth-order valence-electron chi connectivity index (χ4n) is 2.01. The van der Waals surface area contributed by atoms with E-state index < -0.39 is 5.54 Å². The first-order valence-corrected chi connectivity index (χ1v) is 8.06. The van der Waals surface area contributed by atoms with E-state index in [1.807, 2.05) is 30.3 Å². The molecule has 1 heterocycles. The minimum atomic E-state index is -0.780. The lowest BCUT2D eigenvalue weighted by Crippen LogP contribution is -2.40. The maximum atomic E-state index is 12.0. The first kappa shape index (κ1) is 15.7. The van der Waals surface area contributed by atoms with Gasteiger partial charge in [-0.05, 0) is 26.0 Å². The first-order chi connectivity index (χ1) is 10.0. The largest absolute Gasteiger partial charge is 0.493 e. The Labute approximate surface area is 129 Å². The molecule has 1 aliphatic rings. The molecule has 0 bridgehead atoms. The number of hydrogen-bond donors (Lipinski definition) is 1. The van der Waals surface area contributed by atoms with Crippen molar-refractivity contribution in [2.45, 2.75) is 19.4 Å². The third kappa shape index (κ3) is 4.14. The number of rotatable bonds is 7.